The van der Waals surface area contributed by atoms with E-state index in [1.54, 1.807) is 5.84 Å². The highest BCUT2D eigenvalue weighted by Crippen LogP contribution is 2.08. The van der Waals surface area contributed by atoms with Crippen molar-refractivity contribution in [3.8, 4) is 0 Å². The fraction of sp³-hybridized carbons (Fsp3) is 0.917. The average molecular weight is 197 g/mol. The van der Waals surface area contributed by atoms with Crippen LogP contribution in [0.3, 0.4) is 0 Å². The van der Waals surface area contributed by atoms with Crippen LogP contribution in [-0.2, 0) is 0 Å². The van der Waals surface area contributed by atoms with Crippen LogP contribution in [0.4, 0.5) is 0 Å². The van der Waals surface area contributed by atoms with Gasteiger partial charge in [0.2, 0.25) is 5.84 Å². The molecule has 0 aliphatic carbocycles. The molecule has 1 aliphatic heterocycles. The van der Waals surface area contributed by atoms with Crippen LogP contribution in [0.2, 0.25) is 0 Å². The highest BCUT2D eigenvalue weighted by molar-refractivity contribution is 5.78. The highest BCUT2D eigenvalue weighted by atomic mass is 15.3. The van der Waals surface area contributed by atoms with Gasteiger partial charge in [-0.05, 0) is 19.3 Å². The summed E-state index contributed by atoms with van der Waals surface area (Å²) in [6.45, 7) is 11.8. The molecule has 0 aromatic rings. The zero-order valence-electron chi connectivity index (χ0n) is 10.1. The zero-order valence-corrected chi connectivity index (χ0v) is 10.1. The third-order valence-electron chi connectivity index (χ3n) is 2.83. The first-order chi connectivity index (χ1) is 6.83. The van der Waals surface area contributed by atoms with E-state index in [1.807, 2.05) is 0 Å². The fourth-order valence-corrected chi connectivity index (χ4v) is 2.26. The average Bonchev–Trinajstić information content (AvgIpc) is 2.52. The molecule has 2 nitrogen and oxygen atoms in total. The molecule has 0 aromatic heterocycles. The Morgan fingerprint density at radius 2 is 1.93 bits per heavy atom. The topological polar surface area (TPSA) is 6.25 Å². The number of amidine groups is 1. The lowest BCUT2D eigenvalue weighted by molar-refractivity contribution is -0.519. The van der Waals surface area contributed by atoms with Gasteiger partial charge in [0, 0.05) is 6.42 Å². The van der Waals surface area contributed by atoms with Crippen molar-refractivity contribution >= 4 is 5.84 Å². The molecule has 2 heteroatoms. The van der Waals surface area contributed by atoms with Crippen LogP contribution < -0.4 is 0 Å². The Hall–Kier alpha value is -0.530. The van der Waals surface area contributed by atoms with E-state index in [2.05, 4.69) is 30.2 Å². The van der Waals surface area contributed by atoms with Crippen molar-refractivity contribution in [1.29, 1.82) is 0 Å². The molecule has 0 saturated carbocycles. The van der Waals surface area contributed by atoms with Crippen molar-refractivity contribution in [3.05, 3.63) is 0 Å². The standard InChI is InChI=1S/C12H25N2/c1-4-7-12-13(8-5-2)10-11-14(12)9-6-3/h4-11H2,1-3H3/q+1. The number of hydrogen-bond acceptors (Lipinski definition) is 1. The van der Waals surface area contributed by atoms with Crippen molar-refractivity contribution in [1.82, 2.24) is 4.90 Å². The molecule has 0 aromatic carbocycles. The summed E-state index contributed by atoms with van der Waals surface area (Å²) < 4.78 is 2.58. The summed E-state index contributed by atoms with van der Waals surface area (Å²) in [5.41, 5.74) is 0. The molecule has 0 spiro atoms. The van der Waals surface area contributed by atoms with Gasteiger partial charge in [-0.15, -0.1) is 0 Å². The zero-order chi connectivity index (χ0) is 10.4. The molecule has 0 bridgehead atoms. The highest BCUT2D eigenvalue weighted by Gasteiger charge is 2.27. The number of nitrogens with zero attached hydrogens (tertiary/aromatic N) is 2. The summed E-state index contributed by atoms with van der Waals surface area (Å²) in [5.74, 6) is 1.61. The van der Waals surface area contributed by atoms with Crippen LogP contribution in [0, 0.1) is 0 Å². The van der Waals surface area contributed by atoms with E-state index in [0.717, 1.165) is 0 Å². The predicted octanol–water partition coefficient (Wildman–Crippen LogP) is 2.33. The Bertz CT molecular complexity index is 196. The maximum Gasteiger partial charge on any atom is 0.247 e. The molecule has 1 heterocycles. The first kappa shape index (κ1) is 11.5. The Morgan fingerprint density at radius 1 is 1.14 bits per heavy atom. The summed E-state index contributed by atoms with van der Waals surface area (Å²) in [6, 6.07) is 0. The van der Waals surface area contributed by atoms with Crippen molar-refractivity contribution in [2.75, 3.05) is 26.2 Å². The smallest absolute Gasteiger partial charge is 0.247 e. The van der Waals surface area contributed by atoms with Crippen molar-refractivity contribution < 1.29 is 4.58 Å². The van der Waals surface area contributed by atoms with Gasteiger partial charge in [0.25, 0.3) is 0 Å². The summed E-state index contributed by atoms with van der Waals surface area (Å²) in [6.07, 6.45) is 5.08. The second kappa shape index (κ2) is 6.05. The molecule has 0 fully saturated rings. The van der Waals surface area contributed by atoms with Gasteiger partial charge in [-0.1, -0.05) is 20.8 Å². The molecule has 0 saturated heterocycles. The van der Waals surface area contributed by atoms with Crippen LogP contribution in [0.25, 0.3) is 0 Å². The Morgan fingerprint density at radius 3 is 2.50 bits per heavy atom. The molecule has 0 radical (unpaired) electrons. The van der Waals surface area contributed by atoms with E-state index in [-0.39, 0.29) is 0 Å². The van der Waals surface area contributed by atoms with Gasteiger partial charge in [-0.2, -0.15) is 0 Å². The molecule has 14 heavy (non-hydrogen) atoms. The molecule has 0 N–H and O–H groups in total. The largest absolute Gasteiger partial charge is 0.262 e. The third-order valence-corrected chi connectivity index (χ3v) is 2.83. The van der Waals surface area contributed by atoms with Crippen molar-refractivity contribution in [2.24, 2.45) is 0 Å². The van der Waals surface area contributed by atoms with E-state index in [9.17, 15) is 0 Å². The van der Waals surface area contributed by atoms with Crippen LogP contribution >= 0.6 is 0 Å². The van der Waals surface area contributed by atoms with Gasteiger partial charge in [0.05, 0.1) is 13.1 Å². The van der Waals surface area contributed by atoms with E-state index in [1.165, 1.54) is 51.9 Å². The van der Waals surface area contributed by atoms with Crippen molar-refractivity contribution in [2.45, 2.75) is 46.5 Å². The monoisotopic (exact) mass is 197 g/mol. The Balaban J connectivity index is 2.63. The van der Waals surface area contributed by atoms with Gasteiger partial charge in [0.1, 0.15) is 13.1 Å². The Labute approximate surface area is 88.6 Å². The molecule has 0 amide bonds. The normalized spacial score (nSPS) is 16.9. The summed E-state index contributed by atoms with van der Waals surface area (Å²) >= 11 is 0. The van der Waals surface area contributed by atoms with Crippen LogP contribution in [-0.4, -0.2) is 41.5 Å². The summed E-state index contributed by atoms with van der Waals surface area (Å²) in [5, 5.41) is 0. The maximum absolute atomic E-state index is 2.58. The van der Waals surface area contributed by atoms with E-state index >= 15 is 0 Å². The van der Waals surface area contributed by atoms with Crippen LogP contribution in [0.1, 0.15) is 46.5 Å². The van der Waals surface area contributed by atoms with Gasteiger partial charge in [0.15, 0.2) is 0 Å². The van der Waals surface area contributed by atoms with Gasteiger partial charge in [-0.3, -0.25) is 9.48 Å². The van der Waals surface area contributed by atoms with Gasteiger partial charge in [-0.25, -0.2) is 0 Å². The van der Waals surface area contributed by atoms with E-state index in [4.69, 9.17) is 0 Å². The minimum atomic E-state index is 1.25. The van der Waals surface area contributed by atoms with Crippen LogP contribution in [0.5, 0.6) is 0 Å². The molecule has 82 valence electrons. The number of hydrogen-bond donors (Lipinski definition) is 0. The third kappa shape index (κ3) is 2.73. The molecule has 1 rings (SSSR count). The van der Waals surface area contributed by atoms with Crippen molar-refractivity contribution in [3.63, 3.8) is 0 Å². The predicted molar refractivity (Wildman–Crippen MR) is 62.1 cm³/mol. The SMILES string of the molecule is CCCC1=[N+](CCC)CCN1CCC. The molecular formula is C12H25N2+. The molecule has 0 unspecified atom stereocenters. The number of rotatable bonds is 6. The Kier molecular flexibility index (Phi) is 4.99. The molecular weight excluding hydrogens is 172 g/mol. The maximum atomic E-state index is 2.58. The second-order valence-corrected chi connectivity index (χ2v) is 4.14. The molecule has 1 aliphatic rings. The lowest BCUT2D eigenvalue weighted by atomic mass is 10.3. The second-order valence-electron chi connectivity index (χ2n) is 4.14. The fourth-order valence-electron chi connectivity index (χ4n) is 2.26. The van der Waals surface area contributed by atoms with E-state index < -0.39 is 0 Å². The summed E-state index contributed by atoms with van der Waals surface area (Å²) in [4.78, 5) is 2.58. The quantitative estimate of drug-likeness (QED) is 0.592. The lowest BCUT2D eigenvalue weighted by Gasteiger charge is -2.11. The van der Waals surface area contributed by atoms with Gasteiger partial charge < -0.3 is 0 Å². The summed E-state index contributed by atoms with van der Waals surface area (Å²) in [7, 11) is 0. The minimum Gasteiger partial charge on any atom is -0.262 e. The minimum absolute atomic E-state index is 1.25. The van der Waals surface area contributed by atoms with E-state index in [0.29, 0.717) is 0 Å². The first-order valence-corrected chi connectivity index (χ1v) is 6.19. The molecule has 0 atom stereocenters. The van der Waals surface area contributed by atoms with Gasteiger partial charge >= 0.3 is 0 Å². The lowest BCUT2D eigenvalue weighted by Crippen LogP contribution is -2.30. The van der Waals surface area contributed by atoms with Crippen LogP contribution in [0.15, 0.2) is 0 Å². The first-order valence-electron chi connectivity index (χ1n) is 6.19.